The first-order chi connectivity index (χ1) is 34.4. The van der Waals surface area contributed by atoms with Gasteiger partial charge in [0.05, 0.1) is 33.8 Å². The number of hydrogen-bond donors (Lipinski definition) is 2. The highest BCUT2D eigenvalue weighted by molar-refractivity contribution is 7.47. The summed E-state index contributed by atoms with van der Waals surface area (Å²) in [5, 5.41) is 3.03. The Morgan fingerprint density at radius 2 is 0.901 bits per heavy atom. The van der Waals surface area contributed by atoms with Crippen LogP contribution in [0.4, 0.5) is 0 Å². The zero-order valence-corrected chi connectivity index (χ0v) is 47.6. The molecule has 0 aromatic carbocycles. The molecule has 3 unspecified atom stereocenters. The van der Waals surface area contributed by atoms with Crippen LogP contribution in [0.2, 0.25) is 0 Å². The molecule has 0 aliphatic rings. The largest absolute Gasteiger partial charge is 0.472 e. The molecule has 0 aromatic rings. The van der Waals surface area contributed by atoms with Gasteiger partial charge in [-0.3, -0.25) is 18.6 Å². The van der Waals surface area contributed by atoms with Crippen molar-refractivity contribution in [1.29, 1.82) is 0 Å². The molecule has 0 saturated heterocycles. The van der Waals surface area contributed by atoms with Gasteiger partial charge in [-0.25, -0.2) is 4.57 Å². The third-order valence-corrected chi connectivity index (χ3v) is 13.3. The maximum absolute atomic E-state index is 13.5. The number of likely N-dealkylation sites (N-methyl/N-ethyl adjacent to an activating group) is 1. The molecule has 1 amide bonds. The summed E-state index contributed by atoms with van der Waals surface area (Å²) in [7, 11) is 1.46. The van der Waals surface area contributed by atoms with Gasteiger partial charge in [0, 0.05) is 12.8 Å². The second-order valence-electron chi connectivity index (χ2n) is 20.4. The molecular formula is C61H110N2O7P+. The average Bonchev–Trinajstić information content (AvgIpc) is 3.33. The molecule has 0 aromatic heterocycles. The summed E-state index contributed by atoms with van der Waals surface area (Å²) in [6.07, 6.45) is 65.7. The lowest BCUT2D eigenvalue weighted by atomic mass is 10.0. The molecule has 10 heteroatoms. The second kappa shape index (κ2) is 50.7. The van der Waals surface area contributed by atoms with E-state index in [1.165, 1.54) is 96.3 Å². The minimum atomic E-state index is -4.46. The van der Waals surface area contributed by atoms with Crippen LogP contribution in [-0.4, -0.2) is 74.3 Å². The highest BCUT2D eigenvalue weighted by atomic mass is 31.2. The highest BCUT2D eigenvalue weighted by Gasteiger charge is 2.30. The number of phosphoric acid groups is 1. The molecule has 71 heavy (non-hydrogen) atoms. The maximum Gasteiger partial charge on any atom is 0.472 e. The van der Waals surface area contributed by atoms with E-state index >= 15 is 0 Å². The summed E-state index contributed by atoms with van der Waals surface area (Å²) in [4.78, 5) is 37.6. The number of rotatable bonds is 51. The molecule has 0 fully saturated rings. The van der Waals surface area contributed by atoms with E-state index in [4.69, 9.17) is 13.8 Å². The Balaban J connectivity index is 5.40. The van der Waals surface area contributed by atoms with Crippen molar-refractivity contribution in [2.45, 2.75) is 251 Å². The van der Waals surface area contributed by atoms with Crippen molar-refractivity contribution in [3.8, 4) is 0 Å². The van der Waals surface area contributed by atoms with Crippen molar-refractivity contribution in [3.05, 3.63) is 85.1 Å². The molecule has 0 rings (SSSR count). The van der Waals surface area contributed by atoms with Crippen LogP contribution in [0.3, 0.4) is 0 Å². The van der Waals surface area contributed by atoms with Crippen molar-refractivity contribution in [2.75, 3.05) is 40.9 Å². The van der Waals surface area contributed by atoms with Crippen LogP contribution in [0, 0.1) is 0 Å². The number of unbranched alkanes of at least 4 members (excludes halogenated alkanes) is 23. The number of carbonyl (C=O) groups excluding carboxylic acids is 2. The van der Waals surface area contributed by atoms with Crippen LogP contribution in [-0.2, 0) is 27.9 Å². The fourth-order valence-electron chi connectivity index (χ4n) is 7.84. The van der Waals surface area contributed by atoms with Gasteiger partial charge in [-0.15, -0.1) is 0 Å². The molecule has 0 spiro atoms. The lowest BCUT2D eigenvalue weighted by molar-refractivity contribution is -0.870. The molecule has 0 radical (unpaired) electrons. The number of allylic oxidation sites excluding steroid dienone is 13. The third kappa shape index (κ3) is 51.9. The van der Waals surface area contributed by atoms with Crippen LogP contribution in [0.15, 0.2) is 85.1 Å². The lowest BCUT2D eigenvalue weighted by Gasteiger charge is -2.27. The second-order valence-corrected chi connectivity index (χ2v) is 21.9. The SMILES string of the molecule is CC/C=C/C/C=C/CCCCCCCCCC(=O)NC(COP(=O)(O)OCC[N+](C)(C)C)C(/C=C/CCCCCCCCCCCC)OC(=O)CCCCC/C=C\C/C=C\C/C=C\C/C=C\CCCCC. The van der Waals surface area contributed by atoms with Gasteiger partial charge in [0.1, 0.15) is 19.3 Å². The quantitative estimate of drug-likeness (QED) is 0.0205. The molecule has 0 aliphatic carbocycles. The number of ether oxygens (including phenoxy) is 1. The van der Waals surface area contributed by atoms with E-state index in [2.05, 4.69) is 99.0 Å². The molecule has 0 aliphatic heterocycles. The van der Waals surface area contributed by atoms with E-state index < -0.39 is 20.0 Å². The number of amides is 1. The monoisotopic (exact) mass is 1010 g/mol. The predicted molar refractivity (Wildman–Crippen MR) is 304 cm³/mol. The number of quaternary nitrogens is 1. The first-order valence-corrected chi connectivity index (χ1v) is 30.4. The Labute approximate surface area is 437 Å². The van der Waals surface area contributed by atoms with Gasteiger partial charge < -0.3 is 19.4 Å². The zero-order valence-electron chi connectivity index (χ0n) is 46.7. The van der Waals surface area contributed by atoms with Crippen LogP contribution in [0.25, 0.3) is 0 Å². The Morgan fingerprint density at radius 3 is 1.39 bits per heavy atom. The molecule has 2 N–H and O–H groups in total. The fraction of sp³-hybridized carbons (Fsp3) is 0.738. The number of esters is 1. The van der Waals surface area contributed by atoms with Crippen molar-refractivity contribution >= 4 is 19.7 Å². The molecular weight excluding hydrogens is 904 g/mol. The molecule has 0 saturated carbocycles. The van der Waals surface area contributed by atoms with Gasteiger partial charge in [-0.1, -0.05) is 209 Å². The summed E-state index contributed by atoms with van der Waals surface area (Å²) in [6, 6.07) is -0.868. The zero-order chi connectivity index (χ0) is 52.2. The number of phosphoric ester groups is 1. The summed E-state index contributed by atoms with van der Waals surface area (Å²) in [5.74, 6) is -0.555. The van der Waals surface area contributed by atoms with E-state index in [1.807, 2.05) is 33.3 Å². The Hall–Kier alpha value is -2.81. The van der Waals surface area contributed by atoms with Gasteiger partial charge in [0.2, 0.25) is 5.91 Å². The fourth-order valence-corrected chi connectivity index (χ4v) is 8.58. The van der Waals surface area contributed by atoms with Crippen molar-refractivity contribution < 1.29 is 37.3 Å². The summed E-state index contributed by atoms with van der Waals surface area (Å²) < 4.78 is 30.6. The van der Waals surface area contributed by atoms with Gasteiger partial charge in [-0.05, 0) is 102 Å². The van der Waals surface area contributed by atoms with Gasteiger partial charge in [-0.2, -0.15) is 0 Å². The van der Waals surface area contributed by atoms with Crippen LogP contribution in [0.1, 0.15) is 239 Å². The van der Waals surface area contributed by atoms with E-state index in [-0.39, 0.29) is 31.5 Å². The molecule has 3 atom stereocenters. The van der Waals surface area contributed by atoms with Crippen molar-refractivity contribution in [3.63, 3.8) is 0 Å². The first kappa shape index (κ1) is 68.2. The van der Waals surface area contributed by atoms with E-state index in [9.17, 15) is 19.0 Å². The number of nitrogens with one attached hydrogen (secondary N) is 1. The minimum absolute atomic E-state index is 0.0296. The number of carbonyl (C=O) groups is 2. The Kier molecular flexibility index (Phi) is 48.7. The van der Waals surface area contributed by atoms with E-state index in [1.54, 1.807) is 0 Å². The number of nitrogens with zero attached hydrogens (tertiary/aromatic N) is 1. The first-order valence-electron chi connectivity index (χ1n) is 28.9. The average molecular weight is 1010 g/mol. The van der Waals surface area contributed by atoms with Crippen LogP contribution >= 0.6 is 7.82 Å². The van der Waals surface area contributed by atoms with Crippen LogP contribution in [0.5, 0.6) is 0 Å². The normalized spacial score (nSPS) is 14.4. The topological polar surface area (TPSA) is 111 Å². The third-order valence-electron chi connectivity index (χ3n) is 12.3. The summed E-state index contributed by atoms with van der Waals surface area (Å²) >= 11 is 0. The smallest absolute Gasteiger partial charge is 0.456 e. The van der Waals surface area contributed by atoms with E-state index in [0.29, 0.717) is 23.9 Å². The molecule has 0 bridgehead atoms. The molecule has 410 valence electrons. The number of hydrogen-bond acceptors (Lipinski definition) is 6. The summed E-state index contributed by atoms with van der Waals surface area (Å²) in [5.41, 5.74) is 0. The van der Waals surface area contributed by atoms with Crippen LogP contribution < -0.4 is 5.32 Å². The Morgan fingerprint density at radius 1 is 0.507 bits per heavy atom. The maximum atomic E-state index is 13.5. The minimum Gasteiger partial charge on any atom is -0.456 e. The van der Waals surface area contributed by atoms with Gasteiger partial charge in [0.15, 0.2) is 0 Å². The van der Waals surface area contributed by atoms with Crippen molar-refractivity contribution in [2.24, 2.45) is 0 Å². The Bertz CT molecular complexity index is 1490. The summed E-state index contributed by atoms with van der Waals surface area (Å²) in [6.45, 7) is 6.84. The van der Waals surface area contributed by atoms with Gasteiger partial charge >= 0.3 is 13.8 Å². The van der Waals surface area contributed by atoms with Gasteiger partial charge in [0.25, 0.3) is 0 Å². The predicted octanol–water partition coefficient (Wildman–Crippen LogP) is 17.4. The van der Waals surface area contributed by atoms with Crippen molar-refractivity contribution in [1.82, 2.24) is 5.32 Å². The lowest BCUT2D eigenvalue weighted by Crippen LogP contribution is -2.47. The van der Waals surface area contributed by atoms with E-state index in [0.717, 1.165) is 103 Å². The highest BCUT2D eigenvalue weighted by Crippen LogP contribution is 2.43. The molecule has 0 heterocycles. The standard InChI is InChI=1S/C61H109N2O7P/c1-7-10-13-16-19-22-25-28-30-31-32-33-34-36-39-42-45-48-51-54-61(65)70-59(52-49-46-43-40-37-27-24-21-18-15-12-9-3)58(57-69-71(66,67)68-56-55-63(4,5)6)62-60(64)53-50-47-44-41-38-35-29-26-23-20-17-14-11-8-2/h11,14,19-20,22-23,28,30,32-33,36,39,49,52,58-59H,7-10,12-13,15-18,21,24-27,29,31,34-35,37-38,40-48,50-51,53-57H2,1-6H3,(H-,62,64,66,67)/p+1/b14-11+,22-19-,23-20+,30-28-,33-32-,39-36-,52-49+. The molecule has 9 nitrogen and oxygen atoms in total.